The molecular weight excluding hydrogens is 258 g/mol. The smallest absolute Gasteiger partial charge is 0.210 e. The van der Waals surface area contributed by atoms with Crippen LogP contribution in [0.3, 0.4) is 0 Å². The van der Waals surface area contributed by atoms with Crippen LogP contribution >= 0.6 is 11.6 Å². The van der Waals surface area contributed by atoms with Gasteiger partial charge in [-0.05, 0) is 37.8 Å². The molecule has 5 heteroatoms. The molecule has 0 spiro atoms. The number of alkyl halides is 1. The number of halogens is 1. The minimum absolute atomic E-state index is 0.0878. The van der Waals surface area contributed by atoms with E-state index in [0.29, 0.717) is 17.4 Å². The minimum atomic E-state index is -3.41. The Hall–Kier alpha value is -0.580. The van der Waals surface area contributed by atoms with E-state index >= 15 is 0 Å². The van der Waals surface area contributed by atoms with Crippen LogP contribution < -0.4 is 4.72 Å². The Balaban J connectivity index is 2.00. The Morgan fingerprint density at radius 2 is 1.94 bits per heavy atom. The largest absolute Gasteiger partial charge is 0.240 e. The van der Waals surface area contributed by atoms with Gasteiger partial charge in [0, 0.05) is 11.9 Å². The second-order valence-corrected chi connectivity index (χ2v) is 6.85. The van der Waals surface area contributed by atoms with Crippen molar-refractivity contribution in [3.63, 3.8) is 0 Å². The molecule has 0 amide bonds. The number of benzene rings is 1. The summed E-state index contributed by atoms with van der Waals surface area (Å²) < 4.78 is 26.4. The fourth-order valence-corrected chi connectivity index (χ4v) is 3.10. The summed E-state index contributed by atoms with van der Waals surface area (Å²) in [6, 6.07) is 6.79. The minimum Gasteiger partial charge on any atom is -0.210 e. The summed E-state index contributed by atoms with van der Waals surface area (Å²) in [5.41, 5.74) is 1.04. The monoisotopic (exact) mass is 273 g/mol. The zero-order valence-electron chi connectivity index (χ0n) is 9.69. The summed E-state index contributed by atoms with van der Waals surface area (Å²) in [5.74, 6) is 0.484. The van der Waals surface area contributed by atoms with E-state index in [9.17, 15) is 8.42 Å². The van der Waals surface area contributed by atoms with Gasteiger partial charge >= 0.3 is 0 Å². The van der Waals surface area contributed by atoms with Crippen LogP contribution in [0.5, 0.6) is 0 Å². The predicted molar refractivity (Wildman–Crippen MR) is 68.7 cm³/mol. The van der Waals surface area contributed by atoms with Gasteiger partial charge in [-0.3, -0.25) is 0 Å². The van der Waals surface area contributed by atoms with Gasteiger partial charge in [0.05, 0.1) is 4.90 Å². The Morgan fingerprint density at radius 3 is 2.47 bits per heavy atom. The quantitative estimate of drug-likeness (QED) is 0.837. The number of sulfonamides is 1. The summed E-state index contributed by atoms with van der Waals surface area (Å²) >= 11 is 6.07. The predicted octanol–water partition coefficient (Wildman–Crippen LogP) is 2.29. The first-order chi connectivity index (χ1) is 7.99. The summed E-state index contributed by atoms with van der Waals surface area (Å²) in [5, 5.41) is -0.0878. The van der Waals surface area contributed by atoms with Crippen molar-refractivity contribution in [1.82, 2.24) is 4.72 Å². The van der Waals surface area contributed by atoms with Gasteiger partial charge in [-0.25, -0.2) is 13.1 Å². The lowest BCUT2D eigenvalue weighted by Gasteiger charge is -2.10. The molecule has 2 rings (SSSR count). The first-order valence-electron chi connectivity index (χ1n) is 5.69. The van der Waals surface area contributed by atoms with E-state index in [1.165, 1.54) is 0 Å². The Bertz CT molecular complexity index is 480. The van der Waals surface area contributed by atoms with Gasteiger partial charge in [-0.15, -0.1) is 11.6 Å². The van der Waals surface area contributed by atoms with Crippen LogP contribution in [0.25, 0.3) is 0 Å². The maximum Gasteiger partial charge on any atom is 0.240 e. The molecule has 0 aliphatic heterocycles. The van der Waals surface area contributed by atoms with E-state index in [-0.39, 0.29) is 5.38 Å². The molecule has 0 saturated heterocycles. The first kappa shape index (κ1) is 12.9. The second-order valence-electron chi connectivity index (χ2n) is 4.52. The molecule has 0 bridgehead atoms. The number of nitrogens with one attached hydrogen (secondary N) is 1. The van der Waals surface area contributed by atoms with Crippen LogP contribution in [-0.4, -0.2) is 20.3 Å². The van der Waals surface area contributed by atoms with E-state index in [0.717, 1.165) is 18.4 Å². The van der Waals surface area contributed by atoms with E-state index in [1.807, 2.05) is 6.92 Å². The van der Waals surface area contributed by atoms with Gasteiger partial charge in [-0.1, -0.05) is 17.7 Å². The Labute approximate surface area is 107 Å². The standard InChI is InChI=1S/C12H16ClNO2S/c1-9-2-6-11(7-3-9)17(15,16)14-8-12(13)10-4-5-10/h2-3,6-7,10,12,14H,4-5,8H2,1H3. The normalized spacial score (nSPS) is 18.0. The lowest BCUT2D eigenvalue weighted by Crippen LogP contribution is -2.30. The molecule has 1 N–H and O–H groups in total. The average molecular weight is 274 g/mol. The van der Waals surface area contributed by atoms with Gasteiger partial charge in [0.15, 0.2) is 0 Å². The highest BCUT2D eigenvalue weighted by atomic mass is 35.5. The maximum atomic E-state index is 11.9. The number of rotatable bonds is 5. The molecule has 1 fully saturated rings. The molecule has 17 heavy (non-hydrogen) atoms. The number of hydrogen-bond acceptors (Lipinski definition) is 2. The molecule has 1 aliphatic rings. The van der Waals surface area contributed by atoms with Crippen molar-refractivity contribution in [1.29, 1.82) is 0 Å². The topological polar surface area (TPSA) is 46.2 Å². The van der Waals surface area contributed by atoms with E-state index in [1.54, 1.807) is 24.3 Å². The van der Waals surface area contributed by atoms with Crippen molar-refractivity contribution < 1.29 is 8.42 Å². The van der Waals surface area contributed by atoms with Gasteiger partial charge in [0.2, 0.25) is 10.0 Å². The van der Waals surface area contributed by atoms with Crippen LogP contribution in [0.4, 0.5) is 0 Å². The Morgan fingerprint density at radius 1 is 1.35 bits per heavy atom. The highest BCUT2D eigenvalue weighted by Crippen LogP contribution is 2.35. The van der Waals surface area contributed by atoms with E-state index < -0.39 is 10.0 Å². The zero-order valence-corrected chi connectivity index (χ0v) is 11.3. The fourth-order valence-electron chi connectivity index (χ4n) is 1.61. The van der Waals surface area contributed by atoms with Crippen molar-refractivity contribution in [3.05, 3.63) is 29.8 Å². The summed E-state index contributed by atoms with van der Waals surface area (Å²) in [4.78, 5) is 0.294. The molecule has 1 aliphatic carbocycles. The van der Waals surface area contributed by atoms with Gasteiger partial charge in [0.1, 0.15) is 0 Å². The van der Waals surface area contributed by atoms with Crippen molar-refractivity contribution in [2.24, 2.45) is 5.92 Å². The SMILES string of the molecule is Cc1ccc(S(=O)(=O)NCC(Cl)C2CC2)cc1. The van der Waals surface area contributed by atoms with Crippen LogP contribution in [0.2, 0.25) is 0 Å². The van der Waals surface area contributed by atoms with Crippen LogP contribution in [0.15, 0.2) is 29.2 Å². The fraction of sp³-hybridized carbons (Fsp3) is 0.500. The summed E-state index contributed by atoms with van der Waals surface area (Å²) in [7, 11) is -3.41. The molecule has 0 heterocycles. The van der Waals surface area contributed by atoms with Crippen molar-refractivity contribution in [2.45, 2.75) is 30.0 Å². The first-order valence-corrected chi connectivity index (χ1v) is 7.61. The van der Waals surface area contributed by atoms with E-state index in [4.69, 9.17) is 11.6 Å². The molecule has 3 nitrogen and oxygen atoms in total. The van der Waals surface area contributed by atoms with Gasteiger partial charge in [-0.2, -0.15) is 0 Å². The molecule has 1 aromatic rings. The van der Waals surface area contributed by atoms with E-state index in [2.05, 4.69) is 4.72 Å². The summed E-state index contributed by atoms with van der Waals surface area (Å²) in [6.07, 6.45) is 2.22. The Kier molecular flexibility index (Phi) is 3.76. The highest BCUT2D eigenvalue weighted by molar-refractivity contribution is 7.89. The van der Waals surface area contributed by atoms with Crippen LogP contribution in [0.1, 0.15) is 18.4 Å². The van der Waals surface area contributed by atoms with Crippen molar-refractivity contribution in [3.8, 4) is 0 Å². The second kappa shape index (κ2) is 4.96. The molecular formula is C12H16ClNO2S. The van der Waals surface area contributed by atoms with Crippen molar-refractivity contribution in [2.75, 3.05) is 6.54 Å². The zero-order chi connectivity index (χ0) is 12.5. The third-order valence-electron chi connectivity index (χ3n) is 2.93. The molecule has 1 atom stereocenters. The van der Waals surface area contributed by atoms with Gasteiger partial charge in [0.25, 0.3) is 0 Å². The van der Waals surface area contributed by atoms with Crippen LogP contribution in [-0.2, 0) is 10.0 Å². The third kappa shape index (κ3) is 3.44. The molecule has 94 valence electrons. The molecule has 0 aromatic heterocycles. The van der Waals surface area contributed by atoms with Crippen molar-refractivity contribution >= 4 is 21.6 Å². The third-order valence-corrected chi connectivity index (χ3v) is 4.88. The lowest BCUT2D eigenvalue weighted by molar-refractivity contribution is 0.576. The molecule has 1 unspecified atom stereocenters. The molecule has 0 radical (unpaired) electrons. The lowest BCUT2D eigenvalue weighted by atomic mass is 10.2. The number of aryl methyl sites for hydroxylation is 1. The van der Waals surface area contributed by atoms with Crippen LogP contribution in [0, 0.1) is 12.8 Å². The maximum absolute atomic E-state index is 11.9. The molecule has 1 saturated carbocycles. The molecule has 1 aromatic carbocycles. The summed E-state index contributed by atoms with van der Waals surface area (Å²) in [6.45, 7) is 2.23. The van der Waals surface area contributed by atoms with Gasteiger partial charge < -0.3 is 0 Å². The highest BCUT2D eigenvalue weighted by Gasteiger charge is 2.30. The number of hydrogen-bond donors (Lipinski definition) is 1. The average Bonchev–Trinajstić information content (AvgIpc) is 3.10.